The lowest BCUT2D eigenvalue weighted by Crippen LogP contribution is -2.14. The summed E-state index contributed by atoms with van der Waals surface area (Å²) < 4.78 is 19.4. The SMILES string of the molecule is CC(=O)Nc1ccc(C(=O)COc2ccc(Cl)cc2C)c(F)c1. The standard InChI is InChI=1S/C17H15ClFNO3/c1-10-7-12(18)3-6-17(10)23-9-16(22)14-5-4-13(8-15(14)19)20-11(2)21/h3-8H,9H2,1-2H3,(H,20,21). The molecule has 0 fully saturated rings. The topological polar surface area (TPSA) is 55.4 Å². The quantitative estimate of drug-likeness (QED) is 0.840. The fraction of sp³-hybridized carbons (Fsp3) is 0.176. The van der Waals surface area contributed by atoms with E-state index in [1.165, 1.54) is 19.1 Å². The third-order valence-electron chi connectivity index (χ3n) is 3.09. The van der Waals surface area contributed by atoms with Gasteiger partial charge in [-0.15, -0.1) is 0 Å². The number of hydrogen-bond donors (Lipinski definition) is 1. The first-order valence-corrected chi connectivity index (χ1v) is 7.24. The molecular formula is C17H15ClFNO3. The van der Waals surface area contributed by atoms with E-state index in [2.05, 4.69) is 5.32 Å². The van der Waals surface area contributed by atoms with Crippen LogP contribution in [0.2, 0.25) is 5.02 Å². The van der Waals surface area contributed by atoms with Gasteiger partial charge in [-0.3, -0.25) is 9.59 Å². The van der Waals surface area contributed by atoms with Gasteiger partial charge in [-0.2, -0.15) is 0 Å². The second kappa shape index (κ2) is 7.24. The van der Waals surface area contributed by atoms with E-state index in [0.29, 0.717) is 16.5 Å². The van der Waals surface area contributed by atoms with E-state index in [4.69, 9.17) is 16.3 Å². The summed E-state index contributed by atoms with van der Waals surface area (Å²) in [5, 5.41) is 3.02. The molecule has 0 radical (unpaired) electrons. The van der Waals surface area contributed by atoms with Gasteiger partial charge in [0.1, 0.15) is 11.6 Å². The highest BCUT2D eigenvalue weighted by Gasteiger charge is 2.14. The van der Waals surface area contributed by atoms with Crippen molar-refractivity contribution in [2.24, 2.45) is 0 Å². The van der Waals surface area contributed by atoms with Crippen molar-refractivity contribution in [3.05, 3.63) is 58.4 Å². The Morgan fingerprint density at radius 2 is 1.96 bits per heavy atom. The second-order valence-corrected chi connectivity index (χ2v) is 5.43. The lowest BCUT2D eigenvalue weighted by atomic mass is 10.1. The third-order valence-corrected chi connectivity index (χ3v) is 3.32. The predicted molar refractivity (Wildman–Crippen MR) is 86.7 cm³/mol. The maximum atomic E-state index is 14.0. The molecule has 0 aliphatic rings. The Labute approximate surface area is 138 Å². The first-order valence-electron chi connectivity index (χ1n) is 6.86. The number of aryl methyl sites for hydroxylation is 1. The number of amides is 1. The van der Waals surface area contributed by atoms with E-state index in [1.807, 2.05) is 0 Å². The molecule has 0 saturated carbocycles. The van der Waals surface area contributed by atoms with Crippen LogP contribution in [-0.4, -0.2) is 18.3 Å². The summed E-state index contributed by atoms with van der Waals surface area (Å²) in [5.74, 6) is -1.01. The van der Waals surface area contributed by atoms with Gasteiger partial charge < -0.3 is 10.1 Å². The van der Waals surface area contributed by atoms with Gasteiger partial charge in [-0.05, 0) is 48.9 Å². The Morgan fingerprint density at radius 3 is 2.57 bits per heavy atom. The summed E-state index contributed by atoms with van der Waals surface area (Å²) in [5.41, 5.74) is 0.985. The molecule has 0 spiro atoms. The van der Waals surface area contributed by atoms with Crippen molar-refractivity contribution in [3.8, 4) is 5.75 Å². The van der Waals surface area contributed by atoms with E-state index in [0.717, 1.165) is 11.6 Å². The smallest absolute Gasteiger partial charge is 0.221 e. The van der Waals surface area contributed by atoms with Crippen LogP contribution in [-0.2, 0) is 4.79 Å². The Kier molecular flexibility index (Phi) is 5.34. The lowest BCUT2D eigenvalue weighted by Gasteiger charge is -2.10. The van der Waals surface area contributed by atoms with Crippen LogP contribution < -0.4 is 10.1 Å². The predicted octanol–water partition coefficient (Wildman–Crippen LogP) is 4.01. The van der Waals surface area contributed by atoms with Crippen molar-refractivity contribution in [1.29, 1.82) is 0 Å². The zero-order valence-electron chi connectivity index (χ0n) is 12.7. The number of benzene rings is 2. The number of halogens is 2. The Bertz CT molecular complexity index is 761. The molecule has 0 aliphatic heterocycles. The van der Waals surface area contributed by atoms with Crippen LogP contribution >= 0.6 is 11.6 Å². The molecule has 0 aliphatic carbocycles. The number of carbonyl (C=O) groups excluding carboxylic acids is 2. The minimum Gasteiger partial charge on any atom is -0.485 e. The van der Waals surface area contributed by atoms with Gasteiger partial charge >= 0.3 is 0 Å². The van der Waals surface area contributed by atoms with E-state index in [1.54, 1.807) is 25.1 Å². The molecule has 0 saturated heterocycles. The van der Waals surface area contributed by atoms with Gasteiger partial charge in [0.05, 0.1) is 5.56 Å². The molecule has 0 heterocycles. The highest BCUT2D eigenvalue weighted by molar-refractivity contribution is 6.30. The molecule has 0 bridgehead atoms. The number of hydrogen-bond acceptors (Lipinski definition) is 3. The normalized spacial score (nSPS) is 10.3. The highest BCUT2D eigenvalue weighted by Crippen LogP contribution is 2.22. The van der Waals surface area contributed by atoms with Crippen LogP contribution in [0.1, 0.15) is 22.8 Å². The van der Waals surface area contributed by atoms with Crippen molar-refractivity contribution in [2.45, 2.75) is 13.8 Å². The highest BCUT2D eigenvalue weighted by atomic mass is 35.5. The van der Waals surface area contributed by atoms with Gasteiger partial charge in [0.15, 0.2) is 6.61 Å². The summed E-state index contributed by atoms with van der Waals surface area (Å²) >= 11 is 5.85. The molecule has 2 rings (SSSR count). The molecule has 2 aromatic rings. The number of ketones is 1. The first kappa shape index (κ1) is 17.0. The number of nitrogens with one attached hydrogen (secondary N) is 1. The summed E-state index contributed by atoms with van der Waals surface area (Å²) in [6.45, 7) is 2.83. The zero-order chi connectivity index (χ0) is 17.0. The van der Waals surface area contributed by atoms with Gasteiger partial charge in [-0.25, -0.2) is 4.39 Å². The van der Waals surface area contributed by atoms with E-state index >= 15 is 0 Å². The Balaban J connectivity index is 2.07. The minimum absolute atomic E-state index is 0.0919. The van der Waals surface area contributed by atoms with Crippen molar-refractivity contribution in [1.82, 2.24) is 0 Å². The first-order chi connectivity index (χ1) is 10.9. The monoisotopic (exact) mass is 335 g/mol. The molecule has 2 aromatic carbocycles. The molecule has 1 N–H and O–H groups in total. The number of anilines is 1. The molecule has 0 atom stereocenters. The zero-order valence-corrected chi connectivity index (χ0v) is 13.4. The van der Waals surface area contributed by atoms with E-state index in [-0.39, 0.29) is 18.1 Å². The van der Waals surface area contributed by atoms with Gasteiger partial charge in [0.25, 0.3) is 0 Å². The van der Waals surface area contributed by atoms with Crippen LogP contribution in [0.3, 0.4) is 0 Å². The number of carbonyl (C=O) groups is 2. The maximum absolute atomic E-state index is 14.0. The van der Waals surface area contributed by atoms with Crippen LogP contribution in [0.25, 0.3) is 0 Å². The molecule has 23 heavy (non-hydrogen) atoms. The van der Waals surface area contributed by atoms with E-state index < -0.39 is 11.6 Å². The Hall–Kier alpha value is -2.40. The average molecular weight is 336 g/mol. The maximum Gasteiger partial charge on any atom is 0.221 e. The van der Waals surface area contributed by atoms with Crippen LogP contribution in [0.4, 0.5) is 10.1 Å². The molecular weight excluding hydrogens is 321 g/mol. The summed E-state index contributed by atoms with van der Waals surface area (Å²) in [6.07, 6.45) is 0. The fourth-order valence-electron chi connectivity index (χ4n) is 2.02. The number of rotatable bonds is 5. The second-order valence-electron chi connectivity index (χ2n) is 5.00. The Morgan fingerprint density at radius 1 is 1.22 bits per heavy atom. The van der Waals surface area contributed by atoms with Crippen molar-refractivity contribution in [2.75, 3.05) is 11.9 Å². The molecule has 4 nitrogen and oxygen atoms in total. The lowest BCUT2D eigenvalue weighted by molar-refractivity contribution is -0.114. The fourth-order valence-corrected chi connectivity index (χ4v) is 2.24. The van der Waals surface area contributed by atoms with Crippen LogP contribution in [0.5, 0.6) is 5.75 Å². The van der Waals surface area contributed by atoms with Crippen LogP contribution in [0.15, 0.2) is 36.4 Å². The van der Waals surface area contributed by atoms with Crippen LogP contribution in [0, 0.1) is 12.7 Å². The van der Waals surface area contributed by atoms with Crippen molar-refractivity contribution >= 4 is 29.0 Å². The molecule has 6 heteroatoms. The van der Waals surface area contributed by atoms with Gasteiger partial charge in [-0.1, -0.05) is 11.6 Å². The molecule has 1 amide bonds. The molecule has 0 aromatic heterocycles. The van der Waals surface area contributed by atoms with E-state index in [9.17, 15) is 14.0 Å². The van der Waals surface area contributed by atoms with Crippen molar-refractivity contribution in [3.63, 3.8) is 0 Å². The summed E-state index contributed by atoms with van der Waals surface area (Å²) in [7, 11) is 0. The molecule has 0 unspecified atom stereocenters. The average Bonchev–Trinajstić information content (AvgIpc) is 2.45. The van der Waals surface area contributed by atoms with Crippen molar-refractivity contribution < 1.29 is 18.7 Å². The summed E-state index contributed by atoms with van der Waals surface area (Å²) in [4.78, 5) is 23.0. The minimum atomic E-state index is -0.710. The number of Topliss-reactive ketones (excluding diaryl/α,β-unsaturated/α-hetero) is 1. The third kappa shape index (κ3) is 4.53. The summed E-state index contributed by atoms with van der Waals surface area (Å²) in [6, 6.07) is 8.90. The van der Waals surface area contributed by atoms with Gasteiger partial charge in [0, 0.05) is 17.6 Å². The number of ether oxygens (including phenoxy) is 1. The largest absolute Gasteiger partial charge is 0.485 e. The van der Waals surface area contributed by atoms with Gasteiger partial charge in [0.2, 0.25) is 11.7 Å². The molecule has 120 valence electrons.